The number of aliphatic hydroxyl groups excluding tert-OH is 1. The summed E-state index contributed by atoms with van der Waals surface area (Å²) >= 11 is 0. The molecule has 1 N–H and O–H groups in total. The molecule has 1 aromatic rings. The van der Waals surface area contributed by atoms with Gasteiger partial charge < -0.3 is 19.6 Å². The molecule has 0 aliphatic carbocycles. The molecule has 0 amide bonds. The van der Waals surface area contributed by atoms with Crippen LogP contribution in [0.15, 0.2) is 58.3 Å². The van der Waals surface area contributed by atoms with Crippen molar-refractivity contribution in [3.05, 3.63) is 64.4 Å². The van der Waals surface area contributed by atoms with Crippen LogP contribution in [0.5, 0.6) is 5.75 Å². The highest BCUT2D eigenvalue weighted by Gasteiger charge is 2.26. The Morgan fingerprint density at radius 2 is 2.00 bits per heavy atom. The Morgan fingerprint density at radius 3 is 2.72 bits per heavy atom. The second kappa shape index (κ2) is 9.92. The second-order valence-corrected chi connectivity index (χ2v) is 8.97. The van der Waals surface area contributed by atoms with E-state index in [9.17, 15) is 5.11 Å². The van der Waals surface area contributed by atoms with E-state index < -0.39 is 0 Å². The number of aliphatic imine (C=N–C) groups is 1. The standard InChI is InChI=1S/C26H36N4O2/c1-5-20(3)24-15-27-26(17-30(24)16-19(2)18-31)29-11-9-28(10-12-29)21(4)23-7-6-22-8-13-32-25(22)14-23/h6-7,14-17,21,31H,5,8-13,18H2,1-4H3/b19-16+,24-20-. The maximum atomic E-state index is 9.50. The minimum Gasteiger partial charge on any atom is -0.493 e. The first kappa shape index (κ1) is 22.6. The topological polar surface area (TPSA) is 51.5 Å². The Kier molecular flexibility index (Phi) is 7.01. The molecule has 0 aromatic heterocycles. The lowest BCUT2D eigenvalue weighted by Crippen LogP contribution is -2.46. The average Bonchev–Trinajstić information content (AvgIpc) is 3.31. The van der Waals surface area contributed by atoms with Gasteiger partial charge in [0.2, 0.25) is 0 Å². The largest absolute Gasteiger partial charge is 0.493 e. The zero-order chi connectivity index (χ0) is 22.7. The molecule has 1 fully saturated rings. The first-order valence-electron chi connectivity index (χ1n) is 11.8. The first-order chi connectivity index (χ1) is 15.5. The Labute approximate surface area is 192 Å². The highest BCUT2D eigenvalue weighted by atomic mass is 16.5. The lowest BCUT2D eigenvalue weighted by Gasteiger charge is -2.40. The van der Waals surface area contributed by atoms with E-state index in [1.54, 1.807) is 0 Å². The number of aliphatic hydroxyl groups is 1. The van der Waals surface area contributed by atoms with Gasteiger partial charge in [-0.3, -0.25) is 4.90 Å². The molecule has 0 spiro atoms. The summed E-state index contributed by atoms with van der Waals surface area (Å²) in [5, 5.41) is 9.50. The van der Waals surface area contributed by atoms with Crippen molar-refractivity contribution in [1.82, 2.24) is 14.7 Å². The average molecular weight is 437 g/mol. The fourth-order valence-corrected chi connectivity index (χ4v) is 4.47. The van der Waals surface area contributed by atoms with Gasteiger partial charge in [0, 0.05) is 44.8 Å². The number of nitrogens with zero attached hydrogens (tertiary/aromatic N) is 4. The lowest BCUT2D eigenvalue weighted by molar-refractivity contribution is 0.121. The van der Waals surface area contributed by atoms with E-state index in [1.807, 2.05) is 19.3 Å². The van der Waals surface area contributed by atoms with Gasteiger partial charge in [-0.05, 0) is 55.5 Å². The third-order valence-electron chi connectivity index (χ3n) is 6.82. The first-order valence-corrected chi connectivity index (χ1v) is 11.8. The van der Waals surface area contributed by atoms with Crippen molar-refractivity contribution in [2.75, 3.05) is 39.4 Å². The van der Waals surface area contributed by atoms with Crippen LogP contribution >= 0.6 is 0 Å². The Balaban J connectivity index is 1.43. The molecule has 1 aromatic carbocycles. The third kappa shape index (κ3) is 4.76. The number of ether oxygens (including phenoxy) is 1. The lowest BCUT2D eigenvalue weighted by atomic mass is 10.0. The van der Waals surface area contributed by atoms with Gasteiger partial charge >= 0.3 is 0 Å². The van der Waals surface area contributed by atoms with Crippen molar-refractivity contribution in [2.45, 2.75) is 46.6 Å². The van der Waals surface area contributed by atoms with Gasteiger partial charge in [0.1, 0.15) is 11.6 Å². The summed E-state index contributed by atoms with van der Waals surface area (Å²) in [6.45, 7) is 13.3. The molecule has 1 saturated heterocycles. The molecule has 3 aliphatic heterocycles. The van der Waals surface area contributed by atoms with E-state index in [-0.39, 0.29) is 6.61 Å². The van der Waals surface area contributed by atoms with Gasteiger partial charge in [-0.2, -0.15) is 0 Å². The number of fused-ring (bicyclic) bond motifs is 1. The molecule has 1 unspecified atom stereocenters. The number of rotatable bonds is 6. The number of hydrogen-bond acceptors (Lipinski definition) is 6. The van der Waals surface area contributed by atoms with E-state index >= 15 is 0 Å². The summed E-state index contributed by atoms with van der Waals surface area (Å²) in [7, 11) is 0. The second-order valence-electron chi connectivity index (χ2n) is 8.97. The zero-order valence-electron chi connectivity index (χ0n) is 19.8. The highest BCUT2D eigenvalue weighted by Crippen LogP contribution is 2.31. The third-order valence-corrected chi connectivity index (χ3v) is 6.82. The maximum absolute atomic E-state index is 9.50. The Hall–Kier alpha value is -2.57. The van der Waals surface area contributed by atoms with Crippen LogP contribution in [0.1, 0.15) is 51.3 Å². The van der Waals surface area contributed by atoms with Crippen LogP contribution in [-0.2, 0) is 6.42 Å². The summed E-state index contributed by atoms with van der Waals surface area (Å²) in [5.74, 6) is 2.05. The minimum atomic E-state index is 0.0551. The molecule has 172 valence electrons. The van der Waals surface area contributed by atoms with Crippen LogP contribution in [0.3, 0.4) is 0 Å². The SMILES string of the molecule is CC/C(C)=C1/C=NC(N2CCN(C(C)c3ccc4c(c3)OCC4)CC2)=CN1/C=C(\C)CO. The Bertz CT molecular complexity index is 955. The summed E-state index contributed by atoms with van der Waals surface area (Å²) in [6, 6.07) is 7.08. The predicted octanol–water partition coefficient (Wildman–Crippen LogP) is 4.07. The van der Waals surface area contributed by atoms with E-state index in [4.69, 9.17) is 9.73 Å². The summed E-state index contributed by atoms with van der Waals surface area (Å²) < 4.78 is 5.77. The smallest absolute Gasteiger partial charge is 0.145 e. The molecule has 1 atom stereocenters. The number of allylic oxidation sites excluding steroid dienone is 2. The van der Waals surface area contributed by atoms with Crippen molar-refractivity contribution in [2.24, 2.45) is 4.99 Å². The fraction of sp³-hybridized carbons (Fsp3) is 0.500. The number of piperazine rings is 1. The molecule has 3 aliphatic rings. The minimum absolute atomic E-state index is 0.0551. The molecule has 3 heterocycles. The van der Waals surface area contributed by atoms with Gasteiger partial charge in [0.05, 0.1) is 31.3 Å². The maximum Gasteiger partial charge on any atom is 0.145 e. The van der Waals surface area contributed by atoms with Crippen molar-refractivity contribution >= 4 is 6.21 Å². The molecule has 0 saturated carbocycles. The van der Waals surface area contributed by atoms with Gasteiger partial charge in [0.25, 0.3) is 0 Å². The van der Waals surface area contributed by atoms with E-state index in [2.05, 4.69) is 59.9 Å². The summed E-state index contributed by atoms with van der Waals surface area (Å²) in [5.41, 5.74) is 5.96. The number of benzene rings is 1. The van der Waals surface area contributed by atoms with Crippen LogP contribution in [0.25, 0.3) is 0 Å². The van der Waals surface area contributed by atoms with Crippen LogP contribution in [0, 0.1) is 0 Å². The van der Waals surface area contributed by atoms with Crippen LogP contribution < -0.4 is 4.74 Å². The van der Waals surface area contributed by atoms with Crippen LogP contribution in [-0.4, -0.2) is 65.4 Å². The molecule has 32 heavy (non-hydrogen) atoms. The van der Waals surface area contributed by atoms with Gasteiger partial charge in [0.15, 0.2) is 0 Å². The van der Waals surface area contributed by atoms with Crippen molar-refractivity contribution in [3.63, 3.8) is 0 Å². The van der Waals surface area contributed by atoms with E-state index in [0.717, 1.165) is 68.5 Å². The van der Waals surface area contributed by atoms with Gasteiger partial charge in [-0.1, -0.05) is 19.1 Å². The molecular formula is C26H36N4O2. The molecular weight excluding hydrogens is 400 g/mol. The predicted molar refractivity (Wildman–Crippen MR) is 129 cm³/mol. The van der Waals surface area contributed by atoms with Gasteiger partial charge in [-0.15, -0.1) is 0 Å². The summed E-state index contributed by atoms with van der Waals surface area (Å²) in [4.78, 5) is 11.8. The number of hydrogen-bond donors (Lipinski definition) is 1. The zero-order valence-corrected chi connectivity index (χ0v) is 19.8. The molecule has 0 bridgehead atoms. The van der Waals surface area contributed by atoms with E-state index in [1.165, 1.54) is 16.7 Å². The van der Waals surface area contributed by atoms with Crippen LogP contribution in [0.4, 0.5) is 0 Å². The fourth-order valence-electron chi connectivity index (χ4n) is 4.47. The van der Waals surface area contributed by atoms with Crippen molar-refractivity contribution < 1.29 is 9.84 Å². The normalized spacial score (nSPS) is 21.9. The summed E-state index contributed by atoms with van der Waals surface area (Å²) in [6.07, 6.45) is 8.07. The quantitative estimate of drug-likeness (QED) is 0.729. The molecule has 4 rings (SSSR count). The molecule has 0 radical (unpaired) electrons. The monoisotopic (exact) mass is 436 g/mol. The van der Waals surface area contributed by atoms with Crippen molar-refractivity contribution in [1.29, 1.82) is 0 Å². The molecule has 6 heteroatoms. The van der Waals surface area contributed by atoms with Gasteiger partial charge in [-0.25, -0.2) is 4.99 Å². The highest BCUT2D eigenvalue weighted by molar-refractivity contribution is 5.81. The van der Waals surface area contributed by atoms with E-state index in [0.29, 0.717) is 6.04 Å². The molecule has 6 nitrogen and oxygen atoms in total. The van der Waals surface area contributed by atoms with Crippen molar-refractivity contribution in [3.8, 4) is 5.75 Å². The Morgan fingerprint density at radius 1 is 1.22 bits per heavy atom. The van der Waals surface area contributed by atoms with Crippen LogP contribution in [0.2, 0.25) is 0 Å².